The van der Waals surface area contributed by atoms with Crippen molar-refractivity contribution in [3.8, 4) is 0 Å². The minimum atomic E-state index is -1.24. The molecule has 1 heterocycles. The maximum atomic E-state index is 12.1. The lowest BCUT2D eigenvalue weighted by molar-refractivity contribution is -0.145. The molecule has 0 aromatic carbocycles. The summed E-state index contributed by atoms with van der Waals surface area (Å²) < 4.78 is 0. The van der Waals surface area contributed by atoms with Gasteiger partial charge in [-0.2, -0.15) is 0 Å². The van der Waals surface area contributed by atoms with Crippen molar-refractivity contribution in [2.45, 2.75) is 63.3 Å². The summed E-state index contributed by atoms with van der Waals surface area (Å²) in [5, 5.41) is 24.0. The molecule has 1 amide bonds. The Hall–Kier alpha value is -1.14. The molecule has 4 N–H and O–H groups in total. The second-order valence-electron chi connectivity index (χ2n) is 5.67. The summed E-state index contributed by atoms with van der Waals surface area (Å²) in [4.78, 5) is 23.0. The van der Waals surface area contributed by atoms with Crippen molar-refractivity contribution in [2.24, 2.45) is 5.92 Å². The Morgan fingerprint density at radius 1 is 1.32 bits per heavy atom. The molecule has 108 valence electrons. The number of nitrogens with one attached hydrogen (secondary N) is 2. The van der Waals surface area contributed by atoms with Gasteiger partial charge in [0.25, 0.3) is 0 Å². The van der Waals surface area contributed by atoms with Crippen LogP contribution in [0.5, 0.6) is 0 Å². The zero-order valence-corrected chi connectivity index (χ0v) is 11.1. The monoisotopic (exact) mass is 270 g/mol. The van der Waals surface area contributed by atoms with Crippen LogP contribution < -0.4 is 10.6 Å². The van der Waals surface area contributed by atoms with Crippen molar-refractivity contribution in [1.82, 2.24) is 10.6 Å². The highest BCUT2D eigenvalue weighted by Crippen LogP contribution is 2.33. The quantitative estimate of drug-likeness (QED) is 0.570. The van der Waals surface area contributed by atoms with E-state index in [0.717, 1.165) is 19.3 Å². The number of rotatable bonds is 4. The van der Waals surface area contributed by atoms with Gasteiger partial charge < -0.3 is 20.8 Å². The number of fused-ring (bicyclic) bond motifs is 1. The van der Waals surface area contributed by atoms with Gasteiger partial charge in [0.1, 0.15) is 0 Å². The maximum absolute atomic E-state index is 12.1. The van der Waals surface area contributed by atoms with Gasteiger partial charge in [0, 0.05) is 6.04 Å². The predicted molar refractivity (Wildman–Crippen MR) is 68.5 cm³/mol. The van der Waals surface area contributed by atoms with Crippen molar-refractivity contribution in [2.75, 3.05) is 0 Å². The Labute approximate surface area is 112 Å². The predicted octanol–water partition coefficient (Wildman–Crippen LogP) is -0.143. The Morgan fingerprint density at radius 2 is 2.00 bits per heavy atom. The summed E-state index contributed by atoms with van der Waals surface area (Å²) in [5.74, 6) is -0.999. The molecule has 0 aromatic heterocycles. The first-order valence-corrected chi connectivity index (χ1v) is 6.96. The molecule has 2 fully saturated rings. The second kappa shape index (κ2) is 5.88. The number of carbonyl (C=O) groups excluding carboxylic acids is 1. The van der Waals surface area contributed by atoms with Crippen LogP contribution in [0.4, 0.5) is 0 Å². The SMILES string of the molecule is CC(O)C(NC(=O)C1CC2CCCCC2N1)C(=O)O. The Morgan fingerprint density at radius 3 is 2.58 bits per heavy atom. The number of carboxylic acids is 1. The summed E-state index contributed by atoms with van der Waals surface area (Å²) in [5.41, 5.74) is 0. The normalized spacial score (nSPS) is 33.3. The maximum Gasteiger partial charge on any atom is 0.328 e. The van der Waals surface area contributed by atoms with Crippen LogP contribution in [0.25, 0.3) is 0 Å². The molecule has 2 aliphatic rings. The van der Waals surface area contributed by atoms with Crippen molar-refractivity contribution >= 4 is 11.9 Å². The molecule has 2 rings (SSSR count). The highest BCUT2D eigenvalue weighted by atomic mass is 16.4. The zero-order valence-electron chi connectivity index (χ0n) is 11.1. The van der Waals surface area contributed by atoms with Gasteiger partial charge in [-0.1, -0.05) is 12.8 Å². The van der Waals surface area contributed by atoms with Gasteiger partial charge in [0.2, 0.25) is 5.91 Å². The standard InChI is InChI=1S/C13H22N2O4/c1-7(16)11(13(18)19)15-12(17)10-6-8-4-2-3-5-9(8)14-10/h7-11,14,16H,2-6H2,1H3,(H,15,17)(H,18,19). The van der Waals surface area contributed by atoms with Crippen molar-refractivity contribution < 1.29 is 19.8 Å². The third-order valence-corrected chi connectivity index (χ3v) is 4.23. The smallest absolute Gasteiger partial charge is 0.328 e. The van der Waals surface area contributed by atoms with E-state index in [-0.39, 0.29) is 11.9 Å². The number of amides is 1. The fourth-order valence-corrected chi connectivity index (χ4v) is 3.16. The minimum absolute atomic E-state index is 0.317. The molecule has 0 bridgehead atoms. The van der Waals surface area contributed by atoms with E-state index in [2.05, 4.69) is 10.6 Å². The summed E-state index contributed by atoms with van der Waals surface area (Å²) in [7, 11) is 0. The van der Waals surface area contributed by atoms with Gasteiger partial charge in [0.05, 0.1) is 12.1 Å². The molecular formula is C13H22N2O4. The Bertz CT molecular complexity index is 345. The molecule has 5 atom stereocenters. The van der Waals surface area contributed by atoms with Gasteiger partial charge >= 0.3 is 5.97 Å². The molecule has 0 radical (unpaired) electrons. The molecule has 5 unspecified atom stereocenters. The molecule has 1 aliphatic carbocycles. The largest absolute Gasteiger partial charge is 0.480 e. The topological polar surface area (TPSA) is 98.7 Å². The fourth-order valence-electron chi connectivity index (χ4n) is 3.16. The summed E-state index contributed by atoms with van der Waals surface area (Å²) >= 11 is 0. The fraction of sp³-hybridized carbons (Fsp3) is 0.846. The van der Waals surface area contributed by atoms with Gasteiger partial charge in [-0.05, 0) is 32.1 Å². The molecule has 1 saturated carbocycles. The minimum Gasteiger partial charge on any atom is -0.480 e. The molecule has 0 spiro atoms. The van der Waals surface area contributed by atoms with Crippen LogP contribution in [0.3, 0.4) is 0 Å². The second-order valence-corrected chi connectivity index (χ2v) is 5.67. The summed E-state index contributed by atoms with van der Waals surface area (Å²) in [6.07, 6.45) is 4.29. The van der Waals surface area contributed by atoms with Crippen LogP contribution >= 0.6 is 0 Å². The molecule has 0 aromatic rings. The summed E-state index contributed by atoms with van der Waals surface area (Å²) in [6, 6.07) is -1.18. The van der Waals surface area contributed by atoms with E-state index in [4.69, 9.17) is 5.11 Å². The lowest BCUT2D eigenvalue weighted by Gasteiger charge is -2.24. The molecule has 1 aliphatic heterocycles. The van der Waals surface area contributed by atoms with Crippen LogP contribution in [0.15, 0.2) is 0 Å². The van der Waals surface area contributed by atoms with E-state index < -0.39 is 18.1 Å². The number of hydrogen-bond acceptors (Lipinski definition) is 4. The van der Waals surface area contributed by atoms with Crippen LogP contribution in [-0.2, 0) is 9.59 Å². The first-order valence-electron chi connectivity index (χ1n) is 6.96. The zero-order chi connectivity index (χ0) is 14.0. The lowest BCUT2D eigenvalue weighted by Crippen LogP contribution is -2.53. The average molecular weight is 270 g/mol. The molecular weight excluding hydrogens is 248 g/mol. The number of aliphatic hydroxyl groups is 1. The molecule has 1 saturated heterocycles. The van der Waals surface area contributed by atoms with Crippen LogP contribution in [0, 0.1) is 5.92 Å². The average Bonchev–Trinajstić information content (AvgIpc) is 2.78. The van der Waals surface area contributed by atoms with Gasteiger partial charge in [-0.15, -0.1) is 0 Å². The molecule has 6 nitrogen and oxygen atoms in total. The van der Waals surface area contributed by atoms with E-state index in [9.17, 15) is 14.7 Å². The molecule has 19 heavy (non-hydrogen) atoms. The number of hydrogen-bond donors (Lipinski definition) is 4. The Kier molecular flexibility index (Phi) is 4.42. The Balaban J connectivity index is 1.91. The van der Waals surface area contributed by atoms with Crippen LogP contribution in [0.2, 0.25) is 0 Å². The first-order chi connectivity index (χ1) is 8.99. The number of aliphatic carboxylic acids is 1. The molecule has 6 heteroatoms. The third-order valence-electron chi connectivity index (χ3n) is 4.23. The summed E-state index contributed by atoms with van der Waals surface area (Å²) in [6.45, 7) is 1.36. The van der Waals surface area contributed by atoms with Gasteiger partial charge in [-0.25, -0.2) is 4.79 Å². The van der Waals surface area contributed by atoms with Crippen LogP contribution in [-0.4, -0.2) is 46.3 Å². The van der Waals surface area contributed by atoms with Crippen LogP contribution in [0.1, 0.15) is 39.0 Å². The van der Waals surface area contributed by atoms with E-state index in [1.165, 1.54) is 19.8 Å². The van der Waals surface area contributed by atoms with E-state index in [1.54, 1.807) is 0 Å². The number of carbonyl (C=O) groups is 2. The first kappa shape index (κ1) is 14.3. The number of aliphatic hydroxyl groups excluding tert-OH is 1. The lowest BCUT2D eigenvalue weighted by atomic mass is 9.85. The van der Waals surface area contributed by atoms with Crippen molar-refractivity contribution in [3.05, 3.63) is 0 Å². The third kappa shape index (κ3) is 3.25. The van der Waals surface area contributed by atoms with E-state index >= 15 is 0 Å². The van der Waals surface area contributed by atoms with Crippen molar-refractivity contribution in [1.29, 1.82) is 0 Å². The van der Waals surface area contributed by atoms with Gasteiger partial charge in [-0.3, -0.25) is 4.79 Å². The highest BCUT2D eigenvalue weighted by Gasteiger charge is 2.39. The van der Waals surface area contributed by atoms with E-state index in [0.29, 0.717) is 12.0 Å². The highest BCUT2D eigenvalue weighted by molar-refractivity contribution is 5.87. The van der Waals surface area contributed by atoms with E-state index in [1.807, 2.05) is 0 Å². The van der Waals surface area contributed by atoms with Gasteiger partial charge in [0.15, 0.2) is 6.04 Å². The van der Waals surface area contributed by atoms with Crippen molar-refractivity contribution in [3.63, 3.8) is 0 Å². The number of carboxylic acid groups (broad SMARTS) is 1.